The SMILES string of the molecule is COc1cc(OCc2ccccn2)ccc1/C=C/c1ccn(/C=C/c2cccc3ncccc23)n1. The van der Waals surface area contributed by atoms with Crippen LogP contribution in [0.4, 0.5) is 0 Å². The summed E-state index contributed by atoms with van der Waals surface area (Å²) in [5.74, 6) is 1.45. The van der Waals surface area contributed by atoms with Crippen molar-refractivity contribution in [3.63, 3.8) is 0 Å². The monoisotopic (exact) mass is 460 g/mol. The third-order valence-corrected chi connectivity index (χ3v) is 5.47. The Morgan fingerprint density at radius 3 is 2.66 bits per heavy atom. The number of rotatable bonds is 8. The fourth-order valence-electron chi connectivity index (χ4n) is 3.69. The van der Waals surface area contributed by atoms with Gasteiger partial charge in [0.1, 0.15) is 18.1 Å². The first kappa shape index (κ1) is 22.1. The average Bonchev–Trinajstić information content (AvgIpc) is 3.38. The van der Waals surface area contributed by atoms with E-state index in [-0.39, 0.29) is 0 Å². The van der Waals surface area contributed by atoms with Crippen molar-refractivity contribution < 1.29 is 9.47 Å². The molecule has 172 valence electrons. The summed E-state index contributed by atoms with van der Waals surface area (Å²) < 4.78 is 13.2. The Morgan fingerprint density at radius 2 is 1.77 bits per heavy atom. The van der Waals surface area contributed by atoms with Crippen LogP contribution in [0.15, 0.2) is 91.4 Å². The molecule has 0 aliphatic carbocycles. The molecule has 0 N–H and O–H groups in total. The predicted octanol–water partition coefficient (Wildman–Crippen LogP) is 6.21. The highest BCUT2D eigenvalue weighted by atomic mass is 16.5. The van der Waals surface area contributed by atoms with Gasteiger partial charge in [-0.1, -0.05) is 24.3 Å². The summed E-state index contributed by atoms with van der Waals surface area (Å²) in [6.45, 7) is 0.402. The Bertz CT molecular complexity index is 1480. The molecule has 0 aliphatic rings. The number of nitrogens with zero attached hydrogens (tertiary/aromatic N) is 4. The maximum absolute atomic E-state index is 5.85. The van der Waals surface area contributed by atoms with Gasteiger partial charge >= 0.3 is 0 Å². The number of ether oxygens (including phenoxy) is 2. The molecule has 0 radical (unpaired) electrons. The van der Waals surface area contributed by atoms with Crippen molar-refractivity contribution in [2.24, 2.45) is 0 Å². The van der Waals surface area contributed by atoms with Gasteiger partial charge in [-0.25, -0.2) is 4.68 Å². The van der Waals surface area contributed by atoms with Crippen LogP contribution in [-0.4, -0.2) is 26.9 Å². The van der Waals surface area contributed by atoms with E-state index >= 15 is 0 Å². The minimum atomic E-state index is 0.402. The van der Waals surface area contributed by atoms with E-state index in [1.807, 2.05) is 91.3 Å². The Kier molecular flexibility index (Phi) is 6.62. The summed E-state index contributed by atoms with van der Waals surface area (Å²) in [5.41, 5.74) is 4.72. The van der Waals surface area contributed by atoms with Crippen LogP contribution in [0.2, 0.25) is 0 Å². The standard InChI is InChI=1S/C29H24N4O2/c1-34-29-20-26(35-21-25-7-2-3-16-30-25)13-11-23(29)10-12-24-15-19-33(32-24)18-14-22-6-4-9-28-27(22)8-5-17-31-28/h2-20H,21H2,1H3/b12-10+,18-14+. The quantitative estimate of drug-likeness (QED) is 0.275. The normalized spacial score (nSPS) is 11.5. The molecular formula is C29H24N4O2. The molecule has 0 bridgehead atoms. The van der Waals surface area contributed by atoms with Crippen molar-refractivity contribution in [3.05, 3.63) is 114 Å². The van der Waals surface area contributed by atoms with Crippen molar-refractivity contribution in [2.45, 2.75) is 6.61 Å². The van der Waals surface area contributed by atoms with Crippen LogP contribution in [0.5, 0.6) is 11.5 Å². The number of methoxy groups -OCH3 is 1. The molecular weight excluding hydrogens is 436 g/mol. The summed E-state index contributed by atoms with van der Waals surface area (Å²) in [7, 11) is 1.65. The Morgan fingerprint density at radius 1 is 0.829 bits per heavy atom. The second-order valence-electron chi connectivity index (χ2n) is 7.80. The predicted molar refractivity (Wildman–Crippen MR) is 140 cm³/mol. The molecule has 5 rings (SSSR count). The van der Waals surface area contributed by atoms with Gasteiger partial charge < -0.3 is 9.47 Å². The summed E-state index contributed by atoms with van der Waals surface area (Å²) in [6.07, 6.45) is 13.4. The lowest BCUT2D eigenvalue weighted by atomic mass is 10.1. The number of aromatic nitrogens is 4. The molecule has 3 heterocycles. The van der Waals surface area contributed by atoms with E-state index in [0.717, 1.165) is 44.9 Å². The van der Waals surface area contributed by atoms with Crippen LogP contribution in [0.25, 0.3) is 35.3 Å². The largest absolute Gasteiger partial charge is 0.496 e. The first-order chi connectivity index (χ1) is 17.3. The lowest BCUT2D eigenvalue weighted by Gasteiger charge is -2.09. The zero-order chi connectivity index (χ0) is 23.9. The zero-order valence-electron chi connectivity index (χ0n) is 19.3. The van der Waals surface area contributed by atoms with Crippen LogP contribution in [0.3, 0.4) is 0 Å². The molecule has 0 fully saturated rings. The second-order valence-corrected chi connectivity index (χ2v) is 7.80. The molecule has 0 aliphatic heterocycles. The van der Waals surface area contributed by atoms with Gasteiger partial charge in [-0.15, -0.1) is 0 Å². The molecule has 0 saturated carbocycles. The van der Waals surface area contributed by atoms with Crippen molar-refractivity contribution in [2.75, 3.05) is 7.11 Å². The average molecular weight is 461 g/mol. The molecule has 2 aromatic carbocycles. The summed E-state index contributed by atoms with van der Waals surface area (Å²) in [5, 5.41) is 5.72. The Balaban J connectivity index is 1.27. The van der Waals surface area contributed by atoms with E-state index in [1.165, 1.54) is 0 Å². The number of hydrogen-bond acceptors (Lipinski definition) is 5. The third kappa shape index (κ3) is 5.45. The lowest BCUT2D eigenvalue weighted by Crippen LogP contribution is -1.98. The molecule has 0 spiro atoms. The molecule has 0 saturated heterocycles. The molecule has 6 heteroatoms. The lowest BCUT2D eigenvalue weighted by molar-refractivity contribution is 0.299. The van der Waals surface area contributed by atoms with E-state index in [0.29, 0.717) is 6.61 Å². The molecule has 0 atom stereocenters. The van der Waals surface area contributed by atoms with Gasteiger partial charge in [-0.05, 0) is 66.3 Å². The molecule has 6 nitrogen and oxygen atoms in total. The van der Waals surface area contributed by atoms with Gasteiger partial charge in [0.05, 0.1) is 24.0 Å². The molecule has 3 aromatic heterocycles. The van der Waals surface area contributed by atoms with E-state index < -0.39 is 0 Å². The van der Waals surface area contributed by atoms with Gasteiger partial charge in [0.25, 0.3) is 0 Å². The maximum Gasteiger partial charge on any atom is 0.130 e. The third-order valence-electron chi connectivity index (χ3n) is 5.47. The van der Waals surface area contributed by atoms with Gasteiger partial charge in [0.15, 0.2) is 0 Å². The van der Waals surface area contributed by atoms with Crippen molar-refractivity contribution in [1.29, 1.82) is 0 Å². The van der Waals surface area contributed by atoms with Crippen molar-refractivity contribution >= 4 is 35.3 Å². The fraction of sp³-hybridized carbons (Fsp3) is 0.0690. The van der Waals surface area contributed by atoms with E-state index in [2.05, 4.69) is 27.2 Å². The fourth-order valence-corrected chi connectivity index (χ4v) is 3.69. The zero-order valence-corrected chi connectivity index (χ0v) is 19.3. The highest BCUT2D eigenvalue weighted by molar-refractivity contribution is 5.89. The molecule has 35 heavy (non-hydrogen) atoms. The minimum absolute atomic E-state index is 0.402. The molecule has 0 amide bonds. The van der Waals surface area contributed by atoms with Crippen molar-refractivity contribution in [1.82, 2.24) is 19.7 Å². The molecule has 0 unspecified atom stereocenters. The minimum Gasteiger partial charge on any atom is -0.496 e. The van der Waals surface area contributed by atoms with E-state index in [4.69, 9.17) is 9.47 Å². The van der Waals surface area contributed by atoms with Gasteiger partial charge in [0.2, 0.25) is 0 Å². The number of benzene rings is 2. The van der Waals surface area contributed by atoms with Gasteiger partial charge in [-0.2, -0.15) is 5.10 Å². The first-order valence-electron chi connectivity index (χ1n) is 11.2. The smallest absolute Gasteiger partial charge is 0.130 e. The Labute approximate surface area is 203 Å². The summed E-state index contributed by atoms with van der Waals surface area (Å²) >= 11 is 0. The maximum atomic E-state index is 5.85. The summed E-state index contributed by atoms with van der Waals surface area (Å²) in [4.78, 5) is 8.69. The van der Waals surface area contributed by atoms with E-state index in [1.54, 1.807) is 24.2 Å². The number of hydrogen-bond donors (Lipinski definition) is 0. The first-order valence-corrected chi connectivity index (χ1v) is 11.2. The number of pyridine rings is 2. The van der Waals surface area contributed by atoms with Crippen LogP contribution in [0.1, 0.15) is 22.5 Å². The Hall–Kier alpha value is -4.71. The topological polar surface area (TPSA) is 62.1 Å². The van der Waals surface area contributed by atoms with E-state index in [9.17, 15) is 0 Å². The summed E-state index contributed by atoms with van der Waals surface area (Å²) in [6, 6.07) is 23.6. The van der Waals surface area contributed by atoms with Crippen LogP contribution >= 0.6 is 0 Å². The highest BCUT2D eigenvalue weighted by Gasteiger charge is 2.05. The highest BCUT2D eigenvalue weighted by Crippen LogP contribution is 2.27. The van der Waals surface area contributed by atoms with Crippen LogP contribution in [0, 0.1) is 0 Å². The van der Waals surface area contributed by atoms with Gasteiger partial charge in [-0.3, -0.25) is 9.97 Å². The molecule has 5 aromatic rings. The van der Waals surface area contributed by atoms with Crippen LogP contribution < -0.4 is 9.47 Å². The number of fused-ring (bicyclic) bond motifs is 1. The van der Waals surface area contributed by atoms with Crippen molar-refractivity contribution in [3.8, 4) is 11.5 Å². The second kappa shape index (κ2) is 10.5. The van der Waals surface area contributed by atoms with Crippen LogP contribution in [-0.2, 0) is 6.61 Å². The van der Waals surface area contributed by atoms with Gasteiger partial charge in [0, 0.05) is 41.8 Å².